The highest BCUT2D eigenvalue weighted by Gasteiger charge is 2.29. The molecule has 1 heterocycles. The summed E-state index contributed by atoms with van der Waals surface area (Å²) in [6, 6.07) is 12.6. The van der Waals surface area contributed by atoms with E-state index in [0.29, 0.717) is 22.2 Å². The number of nitrogens with two attached hydrogens (primary N) is 1. The molecule has 0 fully saturated rings. The summed E-state index contributed by atoms with van der Waals surface area (Å²) in [4.78, 5) is 9.23. The molecule has 8 heteroatoms. The maximum Gasteiger partial charge on any atom is 0.416 e. The van der Waals surface area contributed by atoms with E-state index in [1.807, 2.05) is 31.2 Å². The molecule has 0 spiro atoms. The summed E-state index contributed by atoms with van der Waals surface area (Å²) in [5.41, 5.74) is 7.34. The first kappa shape index (κ1) is 18.1. The van der Waals surface area contributed by atoms with Crippen molar-refractivity contribution >= 4 is 29.0 Å². The number of nitrogens with zero attached hydrogens (tertiary/aromatic N) is 2. The van der Waals surface area contributed by atoms with Crippen molar-refractivity contribution in [1.82, 2.24) is 9.97 Å². The number of hydrogen-bond donors (Lipinski definition) is 2. The van der Waals surface area contributed by atoms with Crippen LogP contribution in [0, 0.1) is 6.92 Å². The largest absolute Gasteiger partial charge is 0.416 e. The minimum Gasteiger partial charge on any atom is -0.394 e. The molecule has 0 saturated heterocycles. The molecule has 0 unspecified atom stereocenters. The van der Waals surface area contributed by atoms with E-state index in [-0.39, 0.29) is 0 Å². The molecule has 3 N–H and O–H groups in total. The van der Waals surface area contributed by atoms with Crippen molar-refractivity contribution in [2.75, 3.05) is 11.1 Å². The summed E-state index contributed by atoms with van der Waals surface area (Å²) in [5.74, 6) is 0.342. The summed E-state index contributed by atoms with van der Waals surface area (Å²) in [5, 5.41) is 3.50. The number of alkyl halides is 3. The second kappa shape index (κ2) is 7.25. The highest BCUT2D eigenvalue weighted by Crippen LogP contribution is 2.35. The number of aromatic nitrogens is 2. The number of rotatable bonds is 4. The molecule has 0 aliphatic rings. The van der Waals surface area contributed by atoms with Gasteiger partial charge in [0.05, 0.1) is 5.56 Å². The number of halogens is 3. The second-order valence-electron chi connectivity index (χ2n) is 5.56. The van der Waals surface area contributed by atoms with Gasteiger partial charge in [-0.3, -0.25) is 0 Å². The topological polar surface area (TPSA) is 63.8 Å². The normalized spacial score (nSPS) is 11.4. The molecule has 3 aromatic rings. The molecule has 4 nitrogen and oxygen atoms in total. The first-order valence-electron chi connectivity index (χ1n) is 7.62. The van der Waals surface area contributed by atoms with Gasteiger partial charge >= 0.3 is 6.18 Å². The van der Waals surface area contributed by atoms with Crippen LogP contribution < -0.4 is 11.1 Å². The minimum absolute atomic E-state index is 0.331. The number of hydrogen-bond acceptors (Lipinski definition) is 5. The van der Waals surface area contributed by atoms with E-state index in [2.05, 4.69) is 15.3 Å². The third kappa shape index (κ3) is 4.26. The summed E-state index contributed by atoms with van der Waals surface area (Å²) < 4.78 is 37.9. The average molecular weight is 376 g/mol. The fourth-order valence-electron chi connectivity index (χ4n) is 2.16. The molecule has 0 saturated carbocycles. The first-order valence-corrected chi connectivity index (χ1v) is 8.44. The number of benzene rings is 2. The van der Waals surface area contributed by atoms with Gasteiger partial charge < -0.3 is 11.1 Å². The quantitative estimate of drug-likeness (QED) is 0.607. The highest BCUT2D eigenvalue weighted by atomic mass is 32.2. The maximum absolute atomic E-state index is 12.6. The molecule has 0 bridgehead atoms. The van der Waals surface area contributed by atoms with Crippen LogP contribution in [0.5, 0.6) is 0 Å². The molecular formula is C18H15F3N4S. The van der Waals surface area contributed by atoms with Crippen molar-refractivity contribution in [1.29, 1.82) is 0 Å². The molecule has 134 valence electrons. The lowest BCUT2D eigenvalue weighted by molar-refractivity contribution is -0.137. The molecule has 0 atom stereocenters. The standard InChI is InChI=1S/C18H15F3N4S/c1-11-2-8-14(9-3-11)26-17-15(22)16(23-10-24-17)25-13-6-4-12(5-7-13)18(19,20)21/h2-10H,22H2,1H3,(H,23,24,25). The van der Waals surface area contributed by atoms with Crippen molar-refractivity contribution in [3.63, 3.8) is 0 Å². The number of aryl methyl sites for hydroxylation is 1. The Labute approximate surface area is 152 Å². The van der Waals surface area contributed by atoms with E-state index >= 15 is 0 Å². The lowest BCUT2D eigenvalue weighted by atomic mass is 10.2. The fraction of sp³-hybridized carbons (Fsp3) is 0.111. The molecule has 1 aromatic heterocycles. The molecular weight excluding hydrogens is 361 g/mol. The zero-order chi connectivity index (χ0) is 18.7. The van der Waals surface area contributed by atoms with Gasteiger partial charge in [0, 0.05) is 10.6 Å². The Bertz CT molecular complexity index is 894. The van der Waals surface area contributed by atoms with Crippen LogP contribution >= 0.6 is 11.8 Å². The van der Waals surface area contributed by atoms with Crippen LogP contribution in [-0.2, 0) is 6.18 Å². The van der Waals surface area contributed by atoms with Gasteiger partial charge in [0.25, 0.3) is 0 Å². The fourth-order valence-corrected chi connectivity index (χ4v) is 2.96. The summed E-state index contributed by atoms with van der Waals surface area (Å²) >= 11 is 1.39. The van der Waals surface area contributed by atoms with Gasteiger partial charge in [-0.2, -0.15) is 13.2 Å². The SMILES string of the molecule is Cc1ccc(Sc2ncnc(Nc3ccc(C(F)(F)F)cc3)c2N)cc1. The predicted molar refractivity (Wildman–Crippen MR) is 96.5 cm³/mol. The molecule has 0 radical (unpaired) electrons. The van der Waals surface area contributed by atoms with Gasteiger partial charge in [-0.05, 0) is 43.3 Å². The van der Waals surface area contributed by atoms with E-state index in [9.17, 15) is 13.2 Å². The Kier molecular flexibility index (Phi) is 5.03. The van der Waals surface area contributed by atoms with Crippen LogP contribution in [0.3, 0.4) is 0 Å². The van der Waals surface area contributed by atoms with E-state index in [1.165, 1.54) is 30.2 Å². The van der Waals surface area contributed by atoms with Crippen LogP contribution in [0.15, 0.2) is 64.8 Å². The van der Waals surface area contributed by atoms with Crippen molar-refractivity contribution in [2.24, 2.45) is 0 Å². The first-order chi connectivity index (χ1) is 12.3. The molecule has 0 aliphatic carbocycles. The van der Waals surface area contributed by atoms with Gasteiger partial charge in [0.2, 0.25) is 0 Å². The van der Waals surface area contributed by atoms with Crippen molar-refractivity contribution in [2.45, 2.75) is 23.0 Å². The van der Waals surface area contributed by atoms with E-state index in [0.717, 1.165) is 22.6 Å². The van der Waals surface area contributed by atoms with Crippen LogP contribution in [0.1, 0.15) is 11.1 Å². The third-order valence-electron chi connectivity index (χ3n) is 3.56. The van der Waals surface area contributed by atoms with E-state index < -0.39 is 11.7 Å². The Hall–Kier alpha value is -2.74. The predicted octanol–water partition coefficient (Wildman–Crippen LogP) is 5.28. The summed E-state index contributed by atoms with van der Waals surface area (Å²) in [7, 11) is 0. The van der Waals surface area contributed by atoms with Gasteiger partial charge in [-0.1, -0.05) is 29.5 Å². The Morgan fingerprint density at radius 2 is 1.62 bits per heavy atom. The molecule has 3 rings (SSSR count). The Balaban J connectivity index is 1.79. The van der Waals surface area contributed by atoms with Crippen LogP contribution in [-0.4, -0.2) is 9.97 Å². The highest BCUT2D eigenvalue weighted by molar-refractivity contribution is 7.99. The Morgan fingerprint density at radius 1 is 0.962 bits per heavy atom. The molecule has 0 amide bonds. The van der Waals surface area contributed by atoms with E-state index in [4.69, 9.17) is 5.73 Å². The smallest absolute Gasteiger partial charge is 0.394 e. The monoisotopic (exact) mass is 376 g/mol. The van der Waals surface area contributed by atoms with Crippen molar-refractivity contribution in [3.05, 3.63) is 66.0 Å². The van der Waals surface area contributed by atoms with Gasteiger partial charge in [-0.15, -0.1) is 0 Å². The zero-order valence-corrected chi connectivity index (χ0v) is 14.5. The lowest BCUT2D eigenvalue weighted by Gasteiger charge is -2.12. The molecule has 2 aromatic carbocycles. The Morgan fingerprint density at radius 3 is 2.23 bits per heavy atom. The maximum atomic E-state index is 12.6. The number of anilines is 3. The average Bonchev–Trinajstić information content (AvgIpc) is 2.60. The van der Waals surface area contributed by atoms with Crippen LogP contribution in [0.2, 0.25) is 0 Å². The minimum atomic E-state index is -4.37. The molecule has 0 aliphatic heterocycles. The van der Waals surface area contributed by atoms with E-state index in [1.54, 1.807) is 0 Å². The van der Waals surface area contributed by atoms with Gasteiger partial charge in [-0.25, -0.2) is 9.97 Å². The second-order valence-corrected chi connectivity index (χ2v) is 6.62. The number of nitrogen functional groups attached to an aromatic ring is 1. The lowest BCUT2D eigenvalue weighted by Crippen LogP contribution is -2.05. The van der Waals surface area contributed by atoms with Gasteiger partial charge in [0.1, 0.15) is 17.0 Å². The van der Waals surface area contributed by atoms with Crippen molar-refractivity contribution in [3.8, 4) is 0 Å². The third-order valence-corrected chi connectivity index (χ3v) is 4.58. The molecule has 26 heavy (non-hydrogen) atoms. The van der Waals surface area contributed by atoms with Crippen LogP contribution in [0.4, 0.5) is 30.4 Å². The van der Waals surface area contributed by atoms with Gasteiger partial charge in [0.15, 0.2) is 5.82 Å². The summed E-state index contributed by atoms with van der Waals surface area (Å²) in [6.45, 7) is 2.00. The van der Waals surface area contributed by atoms with Crippen LogP contribution in [0.25, 0.3) is 0 Å². The summed E-state index contributed by atoms with van der Waals surface area (Å²) in [6.07, 6.45) is -3.01. The zero-order valence-electron chi connectivity index (χ0n) is 13.7. The van der Waals surface area contributed by atoms with Crippen molar-refractivity contribution < 1.29 is 13.2 Å². The number of nitrogens with one attached hydrogen (secondary N) is 1.